The molecule has 1 N–H and O–H groups in total. The molecule has 0 amide bonds. The fourth-order valence-electron chi connectivity index (χ4n) is 4.22. The van der Waals surface area contributed by atoms with Crippen molar-refractivity contribution in [2.24, 2.45) is 5.92 Å². The molecule has 3 heterocycles. The third-order valence-corrected chi connectivity index (χ3v) is 6.45. The molecule has 1 fully saturated rings. The van der Waals surface area contributed by atoms with Gasteiger partial charge in [0.15, 0.2) is 0 Å². The van der Waals surface area contributed by atoms with E-state index in [2.05, 4.69) is 52.3 Å². The molecular formula is C20H29ClN4S. The van der Waals surface area contributed by atoms with Crippen LogP contribution in [-0.2, 0) is 19.5 Å². The van der Waals surface area contributed by atoms with Crippen molar-refractivity contribution in [1.29, 1.82) is 0 Å². The monoisotopic (exact) mass is 392 g/mol. The molecule has 2 aliphatic rings. The zero-order valence-electron chi connectivity index (χ0n) is 15.7. The van der Waals surface area contributed by atoms with E-state index in [1.54, 1.807) is 11.3 Å². The largest absolute Gasteiger partial charge is 0.384 e. The third-order valence-electron chi connectivity index (χ3n) is 5.53. The minimum Gasteiger partial charge on any atom is -0.384 e. The van der Waals surface area contributed by atoms with Gasteiger partial charge in [-0.15, -0.1) is 23.7 Å². The molecular weight excluding hydrogens is 364 g/mol. The van der Waals surface area contributed by atoms with Crippen molar-refractivity contribution in [3.05, 3.63) is 45.4 Å². The van der Waals surface area contributed by atoms with E-state index in [4.69, 9.17) is 0 Å². The van der Waals surface area contributed by atoms with Crippen LogP contribution in [-0.4, -0.2) is 48.0 Å². The Bertz CT molecular complexity index is 732. The smallest absolute Gasteiger partial charge is 0.0798 e. The number of hydrogen-bond donors (Lipinski definition) is 1. The average molecular weight is 393 g/mol. The maximum absolute atomic E-state index is 4.37. The second-order valence-corrected chi connectivity index (χ2v) is 8.51. The zero-order valence-corrected chi connectivity index (χ0v) is 17.3. The highest BCUT2D eigenvalue weighted by atomic mass is 35.5. The average Bonchev–Trinajstić information content (AvgIpc) is 3.31. The molecule has 0 bridgehead atoms. The number of hydrogen-bond acceptors (Lipinski definition) is 5. The van der Waals surface area contributed by atoms with Crippen LogP contribution in [0.5, 0.6) is 0 Å². The van der Waals surface area contributed by atoms with Crippen LogP contribution in [0.2, 0.25) is 0 Å². The molecule has 2 aromatic rings. The number of para-hydroxylation sites is 1. The topological polar surface area (TPSA) is 31.4 Å². The van der Waals surface area contributed by atoms with Crippen LogP contribution in [0.1, 0.15) is 28.1 Å². The summed E-state index contributed by atoms with van der Waals surface area (Å²) in [6, 6.07) is 6.78. The predicted molar refractivity (Wildman–Crippen MR) is 112 cm³/mol. The van der Waals surface area contributed by atoms with Crippen LogP contribution < -0.4 is 5.32 Å². The van der Waals surface area contributed by atoms with Gasteiger partial charge in [-0.05, 0) is 50.4 Å². The van der Waals surface area contributed by atoms with Crippen molar-refractivity contribution >= 4 is 29.4 Å². The van der Waals surface area contributed by atoms with E-state index in [0.717, 1.165) is 25.6 Å². The Labute approximate surface area is 167 Å². The lowest BCUT2D eigenvalue weighted by atomic mass is 10.1. The number of thiazole rings is 1. The molecule has 4 rings (SSSR count). The first kappa shape index (κ1) is 19.6. The van der Waals surface area contributed by atoms with Crippen molar-refractivity contribution in [3.8, 4) is 0 Å². The maximum atomic E-state index is 4.37. The van der Waals surface area contributed by atoms with E-state index in [9.17, 15) is 0 Å². The van der Waals surface area contributed by atoms with Crippen LogP contribution in [0, 0.1) is 12.8 Å². The van der Waals surface area contributed by atoms with E-state index in [1.807, 2.05) is 5.51 Å². The number of aryl methyl sites for hydroxylation is 1. The van der Waals surface area contributed by atoms with Gasteiger partial charge in [-0.25, -0.2) is 4.98 Å². The van der Waals surface area contributed by atoms with Gasteiger partial charge in [0.2, 0.25) is 0 Å². The summed E-state index contributed by atoms with van der Waals surface area (Å²) in [7, 11) is 2.25. The Morgan fingerprint density at radius 3 is 3.08 bits per heavy atom. The first-order chi connectivity index (χ1) is 12.2. The summed E-state index contributed by atoms with van der Waals surface area (Å²) in [5.41, 5.74) is 7.53. The molecule has 1 atom stereocenters. The first-order valence-electron chi connectivity index (χ1n) is 9.33. The summed E-state index contributed by atoms with van der Waals surface area (Å²) in [6.45, 7) is 8.95. The normalized spacial score (nSPS) is 19.4. The number of likely N-dealkylation sites (tertiary alicyclic amines) is 1. The number of nitrogens with one attached hydrogen (secondary N) is 1. The number of rotatable bonds is 6. The summed E-state index contributed by atoms with van der Waals surface area (Å²) >= 11 is 1.78. The third kappa shape index (κ3) is 4.39. The second kappa shape index (κ2) is 8.70. The van der Waals surface area contributed by atoms with Crippen molar-refractivity contribution in [3.63, 3.8) is 0 Å². The highest BCUT2D eigenvalue weighted by Crippen LogP contribution is 2.29. The predicted octanol–water partition coefficient (Wildman–Crippen LogP) is 3.80. The summed E-state index contributed by atoms with van der Waals surface area (Å²) < 4.78 is 0. The van der Waals surface area contributed by atoms with Gasteiger partial charge in [0.05, 0.1) is 11.2 Å². The Morgan fingerprint density at radius 1 is 1.38 bits per heavy atom. The van der Waals surface area contributed by atoms with Crippen molar-refractivity contribution < 1.29 is 0 Å². The van der Waals surface area contributed by atoms with Crippen LogP contribution >= 0.6 is 23.7 Å². The number of anilines is 1. The van der Waals surface area contributed by atoms with Crippen LogP contribution in [0.3, 0.4) is 0 Å². The molecule has 1 saturated heterocycles. The first-order valence-corrected chi connectivity index (χ1v) is 10.2. The van der Waals surface area contributed by atoms with Gasteiger partial charge in [-0.2, -0.15) is 0 Å². The number of halogens is 1. The van der Waals surface area contributed by atoms with Gasteiger partial charge >= 0.3 is 0 Å². The van der Waals surface area contributed by atoms with E-state index >= 15 is 0 Å². The van der Waals surface area contributed by atoms with E-state index in [0.29, 0.717) is 0 Å². The Kier molecular flexibility index (Phi) is 6.56. The van der Waals surface area contributed by atoms with Gasteiger partial charge in [-0.1, -0.05) is 18.2 Å². The lowest BCUT2D eigenvalue weighted by Crippen LogP contribution is -2.28. The van der Waals surface area contributed by atoms with Gasteiger partial charge < -0.3 is 10.2 Å². The lowest BCUT2D eigenvalue weighted by Gasteiger charge is -2.22. The lowest BCUT2D eigenvalue weighted by molar-refractivity contribution is 0.256. The minimum absolute atomic E-state index is 0. The van der Waals surface area contributed by atoms with Gasteiger partial charge in [0.25, 0.3) is 0 Å². The van der Waals surface area contributed by atoms with Crippen LogP contribution in [0.25, 0.3) is 0 Å². The molecule has 1 aromatic heterocycles. The fourth-order valence-corrected chi connectivity index (χ4v) is 5.07. The SMILES string of the molecule is Cc1ncsc1CN(C)CC1CCN(Cc2cccc3c2NCC3)C1.Cl. The number of fused-ring (bicyclic) bond motifs is 1. The highest BCUT2D eigenvalue weighted by molar-refractivity contribution is 7.09. The molecule has 1 unspecified atom stereocenters. The summed E-state index contributed by atoms with van der Waals surface area (Å²) in [6.07, 6.45) is 2.49. The zero-order chi connectivity index (χ0) is 17.2. The molecule has 4 nitrogen and oxygen atoms in total. The molecule has 0 spiro atoms. The molecule has 0 saturated carbocycles. The quantitative estimate of drug-likeness (QED) is 0.810. The fraction of sp³-hybridized carbons (Fsp3) is 0.550. The second-order valence-electron chi connectivity index (χ2n) is 7.58. The summed E-state index contributed by atoms with van der Waals surface area (Å²) in [5.74, 6) is 0.781. The van der Waals surface area contributed by atoms with Crippen LogP contribution in [0.15, 0.2) is 23.7 Å². The molecule has 0 aliphatic carbocycles. The molecule has 6 heteroatoms. The van der Waals surface area contributed by atoms with Crippen molar-refractivity contribution in [1.82, 2.24) is 14.8 Å². The minimum atomic E-state index is 0. The standard InChI is InChI=1S/C20H28N4S.ClH/c1-15-19(25-14-22-15)13-23(2)10-16-7-9-24(11-16)12-18-5-3-4-17-6-8-21-20(17)18;/h3-5,14,16,21H,6-13H2,1-2H3;1H. The number of benzene rings is 1. The number of nitrogens with zero attached hydrogens (tertiary/aromatic N) is 3. The Hall–Kier alpha value is -1.14. The van der Waals surface area contributed by atoms with E-state index in [1.165, 1.54) is 59.9 Å². The van der Waals surface area contributed by atoms with E-state index < -0.39 is 0 Å². The molecule has 2 aliphatic heterocycles. The van der Waals surface area contributed by atoms with Crippen molar-refractivity contribution in [2.75, 3.05) is 38.5 Å². The molecule has 26 heavy (non-hydrogen) atoms. The summed E-state index contributed by atoms with van der Waals surface area (Å²) in [5, 5.41) is 3.58. The van der Waals surface area contributed by atoms with Gasteiger partial charge in [-0.3, -0.25) is 4.90 Å². The van der Waals surface area contributed by atoms with Crippen molar-refractivity contribution in [2.45, 2.75) is 32.9 Å². The maximum Gasteiger partial charge on any atom is 0.0798 e. The Balaban J connectivity index is 0.00000196. The molecule has 0 radical (unpaired) electrons. The van der Waals surface area contributed by atoms with E-state index in [-0.39, 0.29) is 12.4 Å². The van der Waals surface area contributed by atoms with Gasteiger partial charge in [0.1, 0.15) is 0 Å². The highest BCUT2D eigenvalue weighted by Gasteiger charge is 2.25. The van der Waals surface area contributed by atoms with Crippen LogP contribution in [0.4, 0.5) is 5.69 Å². The number of aromatic nitrogens is 1. The molecule has 1 aromatic carbocycles. The molecule has 142 valence electrons. The van der Waals surface area contributed by atoms with Gasteiger partial charge in [0, 0.05) is 43.3 Å². The summed E-state index contributed by atoms with van der Waals surface area (Å²) in [4.78, 5) is 10.9. The Morgan fingerprint density at radius 2 is 2.27 bits per heavy atom.